The van der Waals surface area contributed by atoms with Gasteiger partial charge in [-0.15, -0.1) is 0 Å². The van der Waals surface area contributed by atoms with Crippen LogP contribution in [0.3, 0.4) is 0 Å². The zero-order valence-electron chi connectivity index (χ0n) is 48.5. The fourth-order valence-electron chi connectivity index (χ4n) is 10.2. The van der Waals surface area contributed by atoms with Crippen LogP contribution in [-0.4, -0.2) is 37.2 Å². The lowest BCUT2D eigenvalue weighted by molar-refractivity contribution is -0.167. The fraction of sp³-hybridized carbons (Fsp3) is 0.954. The van der Waals surface area contributed by atoms with Crippen LogP contribution in [0.5, 0.6) is 0 Å². The van der Waals surface area contributed by atoms with Gasteiger partial charge in [-0.05, 0) is 19.3 Å². The second kappa shape index (κ2) is 61.0. The first-order valence-corrected chi connectivity index (χ1v) is 32.5. The van der Waals surface area contributed by atoms with Gasteiger partial charge in [0.25, 0.3) is 0 Å². The second-order valence-electron chi connectivity index (χ2n) is 22.4. The third-order valence-corrected chi connectivity index (χ3v) is 15.1. The van der Waals surface area contributed by atoms with Gasteiger partial charge >= 0.3 is 17.9 Å². The van der Waals surface area contributed by atoms with E-state index in [0.717, 1.165) is 57.8 Å². The van der Waals surface area contributed by atoms with Crippen molar-refractivity contribution in [3.8, 4) is 0 Å². The summed E-state index contributed by atoms with van der Waals surface area (Å²) in [6.45, 7) is 6.71. The lowest BCUT2D eigenvalue weighted by Gasteiger charge is -2.18. The Morgan fingerprint density at radius 3 is 0.563 bits per heavy atom. The van der Waals surface area contributed by atoms with Crippen molar-refractivity contribution >= 4 is 17.9 Å². The van der Waals surface area contributed by atoms with Gasteiger partial charge in [-0.25, -0.2) is 0 Å². The molecule has 0 aliphatic heterocycles. The van der Waals surface area contributed by atoms with E-state index in [2.05, 4.69) is 20.8 Å². The molecule has 0 aromatic rings. The molecule has 0 amide bonds. The monoisotopic (exact) mass is 1000 g/mol. The van der Waals surface area contributed by atoms with E-state index < -0.39 is 6.10 Å². The Kier molecular flexibility index (Phi) is 59.6. The summed E-state index contributed by atoms with van der Waals surface area (Å²) in [5.41, 5.74) is 0. The van der Waals surface area contributed by atoms with Crippen molar-refractivity contribution in [2.45, 2.75) is 386 Å². The summed E-state index contributed by atoms with van der Waals surface area (Å²) in [7, 11) is 0. The highest BCUT2D eigenvalue weighted by atomic mass is 16.6. The van der Waals surface area contributed by atoms with Gasteiger partial charge in [0.15, 0.2) is 6.10 Å². The number of carbonyl (C=O) groups excluding carboxylic acids is 3. The third-order valence-electron chi connectivity index (χ3n) is 15.1. The minimum absolute atomic E-state index is 0.0610. The molecule has 0 heterocycles. The van der Waals surface area contributed by atoms with E-state index in [0.29, 0.717) is 19.3 Å². The summed E-state index contributed by atoms with van der Waals surface area (Å²) in [5.74, 6) is -0.831. The van der Waals surface area contributed by atoms with E-state index in [4.69, 9.17) is 14.2 Å². The first-order chi connectivity index (χ1) is 35.0. The van der Waals surface area contributed by atoms with Crippen molar-refractivity contribution in [1.82, 2.24) is 0 Å². The van der Waals surface area contributed by atoms with Crippen molar-refractivity contribution in [1.29, 1.82) is 0 Å². The molecule has 0 rings (SSSR count). The molecule has 71 heavy (non-hydrogen) atoms. The highest BCUT2D eigenvalue weighted by Crippen LogP contribution is 2.19. The fourth-order valence-corrected chi connectivity index (χ4v) is 10.2. The third kappa shape index (κ3) is 59.2. The maximum Gasteiger partial charge on any atom is 0.306 e. The van der Waals surface area contributed by atoms with Gasteiger partial charge in [0, 0.05) is 19.3 Å². The van der Waals surface area contributed by atoms with E-state index in [1.807, 2.05) is 0 Å². The topological polar surface area (TPSA) is 78.9 Å². The summed E-state index contributed by atoms with van der Waals surface area (Å²) in [4.78, 5) is 38.1. The van der Waals surface area contributed by atoms with Crippen molar-refractivity contribution in [3.63, 3.8) is 0 Å². The lowest BCUT2D eigenvalue weighted by Crippen LogP contribution is -2.30. The van der Waals surface area contributed by atoms with Crippen molar-refractivity contribution in [2.24, 2.45) is 0 Å². The summed E-state index contributed by atoms with van der Waals surface area (Å²) in [5, 5.41) is 0. The number of ether oxygens (including phenoxy) is 3. The number of hydrogen-bond donors (Lipinski definition) is 0. The van der Waals surface area contributed by atoms with Crippen LogP contribution in [0.25, 0.3) is 0 Å². The van der Waals surface area contributed by atoms with Gasteiger partial charge < -0.3 is 14.2 Å². The normalized spacial score (nSPS) is 11.9. The summed E-state index contributed by atoms with van der Waals surface area (Å²) in [6, 6.07) is 0. The van der Waals surface area contributed by atoms with Crippen molar-refractivity contribution < 1.29 is 28.6 Å². The number of hydrogen-bond acceptors (Lipinski definition) is 6. The average Bonchev–Trinajstić information content (AvgIpc) is 3.37. The molecule has 6 heteroatoms. The quantitative estimate of drug-likeness (QED) is 0.0343. The SMILES string of the molecule is CCCCCCCCCCCCCCCCCCCCCCCCCCCCCCCC(=O)OCC(COC(=O)CCCCCCCCCCCCC)OC(=O)CCCCCCCCCCCCCCC. The van der Waals surface area contributed by atoms with E-state index in [1.165, 1.54) is 283 Å². The Bertz CT molecular complexity index is 1060. The molecule has 422 valence electrons. The van der Waals surface area contributed by atoms with Crippen molar-refractivity contribution in [2.75, 3.05) is 13.2 Å². The van der Waals surface area contributed by atoms with Crippen LogP contribution >= 0.6 is 0 Å². The summed E-state index contributed by atoms with van der Waals surface area (Å²) < 4.78 is 16.9. The maximum atomic E-state index is 12.8. The summed E-state index contributed by atoms with van der Waals surface area (Å²) in [6.07, 6.45) is 69.9. The Morgan fingerprint density at radius 2 is 0.380 bits per heavy atom. The minimum atomic E-state index is -0.761. The molecule has 0 aromatic carbocycles. The van der Waals surface area contributed by atoms with Crippen LogP contribution < -0.4 is 0 Å². The van der Waals surface area contributed by atoms with Gasteiger partial charge in [0.2, 0.25) is 0 Å². The number of carbonyl (C=O) groups is 3. The number of esters is 3. The Morgan fingerprint density at radius 1 is 0.225 bits per heavy atom. The molecule has 0 saturated carbocycles. The van der Waals surface area contributed by atoms with Gasteiger partial charge in [-0.2, -0.15) is 0 Å². The number of unbranched alkanes of at least 4 members (excludes halogenated alkanes) is 50. The van der Waals surface area contributed by atoms with E-state index in [-0.39, 0.29) is 31.1 Å². The van der Waals surface area contributed by atoms with E-state index in [9.17, 15) is 14.4 Å². The molecule has 1 atom stereocenters. The molecule has 0 aliphatic rings. The highest BCUT2D eigenvalue weighted by Gasteiger charge is 2.19. The predicted molar refractivity (Wildman–Crippen MR) is 307 cm³/mol. The van der Waals surface area contributed by atoms with Gasteiger partial charge in [-0.3, -0.25) is 14.4 Å². The van der Waals surface area contributed by atoms with Crippen LogP contribution in [0.1, 0.15) is 380 Å². The standard InChI is InChI=1S/C65H126O6/c1-4-7-10-13-16-19-22-24-25-26-27-28-29-30-31-32-33-34-35-36-37-38-39-41-43-46-49-52-55-58-64(67)70-61-62(60-69-63(66)57-54-51-48-45-42-21-18-15-12-9-6-3)71-65(68)59-56-53-50-47-44-40-23-20-17-14-11-8-5-2/h62H,4-61H2,1-3H3. The first-order valence-electron chi connectivity index (χ1n) is 32.5. The number of rotatable bonds is 61. The molecular formula is C65H126O6. The zero-order valence-corrected chi connectivity index (χ0v) is 48.5. The van der Waals surface area contributed by atoms with Gasteiger partial charge in [0.1, 0.15) is 13.2 Å². The largest absolute Gasteiger partial charge is 0.462 e. The van der Waals surface area contributed by atoms with E-state index >= 15 is 0 Å². The Labute approximate surface area is 444 Å². The van der Waals surface area contributed by atoms with Crippen LogP contribution in [0.15, 0.2) is 0 Å². The smallest absolute Gasteiger partial charge is 0.306 e. The van der Waals surface area contributed by atoms with Gasteiger partial charge in [-0.1, -0.05) is 342 Å². The highest BCUT2D eigenvalue weighted by molar-refractivity contribution is 5.71. The zero-order chi connectivity index (χ0) is 51.4. The molecular weight excluding hydrogens is 877 g/mol. The molecule has 0 radical (unpaired) electrons. The molecule has 0 bridgehead atoms. The average molecular weight is 1000 g/mol. The molecule has 0 fully saturated rings. The second-order valence-corrected chi connectivity index (χ2v) is 22.4. The molecule has 0 N–H and O–H groups in total. The first kappa shape index (κ1) is 69.4. The molecule has 0 saturated heterocycles. The molecule has 0 spiro atoms. The molecule has 6 nitrogen and oxygen atoms in total. The van der Waals surface area contributed by atoms with Crippen LogP contribution in [0.2, 0.25) is 0 Å². The Hall–Kier alpha value is -1.59. The van der Waals surface area contributed by atoms with Gasteiger partial charge in [0.05, 0.1) is 0 Å². The summed E-state index contributed by atoms with van der Waals surface area (Å²) >= 11 is 0. The lowest BCUT2D eigenvalue weighted by atomic mass is 10.0. The molecule has 0 aliphatic carbocycles. The Balaban J connectivity index is 4.04. The van der Waals surface area contributed by atoms with Crippen LogP contribution in [0.4, 0.5) is 0 Å². The molecule has 1 unspecified atom stereocenters. The predicted octanol–water partition coefficient (Wildman–Crippen LogP) is 21.9. The maximum absolute atomic E-state index is 12.8. The minimum Gasteiger partial charge on any atom is -0.462 e. The van der Waals surface area contributed by atoms with Crippen LogP contribution in [0, 0.1) is 0 Å². The molecule has 0 aromatic heterocycles. The van der Waals surface area contributed by atoms with Crippen LogP contribution in [-0.2, 0) is 28.6 Å². The van der Waals surface area contributed by atoms with E-state index in [1.54, 1.807) is 0 Å². The van der Waals surface area contributed by atoms with Crippen molar-refractivity contribution in [3.05, 3.63) is 0 Å².